The molecule has 3 N–H and O–H groups in total. The zero-order valence-corrected chi connectivity index (χ0v) is 10.8. The number of nitrogens with one attached hydrogen (secondary N) is 1. The summed E-state index contributed by atoms with van der Waals surface area (Å²) >= 11 is 7.26. The van der Waals surface area contributed by atoms with Crippen molar-refractivity contribution in [2.24, 2.45) is 0 Å². The van der Waals surface area contributed by atoms with Crippen LogP contribution < -0.4 is 11.1 Å². The van der Waals surface area contributed by atoms with E-state index < -0.39 is 4.92 Å². The van der Waals surface area contributed by atoms with Crippen molar-refractivity contribution in [2.75, 3.05) is 11.1 Å². The maximum absolute atomic E-state index is 10.7. The average molecular weight is 284 g/mol. The number of hydrogen-bond donors (Lipinski definition) is 2. The molecular weight excluding hydrogens is 274 g/mol. The predicted molar refractivity (Wildman–Crippen MR) is 74.2 cm³/mol. The molecule has 94 valence electrons. The Kier molecular flexibility index (Phi) is 3.69. The Bertz CT molecular complexity index is 585. The molecule has 0 atom stereocenters. The third kappa shape index (κ3) is 2.72. The minimum atomic E-state index is -0.507. The van der Waals surface area contributed by atoms with Crippen molar-refractivity contribution in [3.8, 4) is 0 Å². The van der Waals surface area contributed by atoms with E-state index in [1.54, 1.807) is 6.07 Å². The van der Waals surface area contributed by atoms with Crippen LogP contribution in [0, 0.1) is 10.1 Å². The first kappa shape index (κ1) is 12.7. The van der Waals surface area contributed by atoms with Crippen LogP contribution in [0.3, 0.4) is 0 Å². The summed E-state index contributed by atoms with van der Waals surface area (Å²) in [6, 6.07) is 6.43. The van der Waals surface area contributed by atoms with E-state index in [1.807, 2.05) is 11.4 Å². The molecule has 0 aliphatic carbocycles. The Labute approximate surface area is 112 Å². The third-order valence-electron chi connectivity index (χ3n) is 2.38. The topological polar surface area (TPSA) is 81.2 Å². The van der Waals surface area contributed by atoms with Gasteiger partial charge in [0.15, 0.2) is 0 Å². The summed E-state index contributed by atoms with van der Waals surface area (Å²) in [5, 5.41) is 15.8. The molecule has 0 bridgehead atoms. The fourth-order valence-electron chi connectivity index (χ4n) is 1.44. The van der Waals surface area contributed by atoms with Gasteiger partial charge in [0.05, 0.1) is 11.5 Å². The number of nitrogens with zero attached hydrogens (tertiary/aromatic N) is 1. The van der Waals surface area contributed by atoms with E-state index in [1.165, 1.54) is 23.5 Å². The molecule has 7 heteroatoms. The Hall–Kier alpha value is -1.79. The molecule has 0 saturated heterocycles. The molecular formula is C11H10ClN3O2S. The summed E-state index contributed by atoms with van der Waals surface area (Å²) in [5.74, 6) is 0. The van der Waals surface area contributed by atoms with Crippen LogP contribution in [0.5, 0.6) is 0 Å². The molecule has 0 spiro atoms. The van der Waals surface area contributed by atoms with Crippen molar-refractivity contribution >= 4 is 40.0 Å². The van der Waals surface area contributed by atoms with Gasteiger partial charge >= 0.3 is 0 Å². The van der Waals surface area contributed by atoms with Crippen LogP contribution in [-0.4, -0.2) is 4.92 Å². The summed E-state index contributed by atoms with van der Waals surface area (Å²) in [6.45, 7) is 0.530. The zero-order chi connectivity index (χ0) is 13.1. The molecule has 0 fully saturated rings. The Morgan fingerprint density at radius 3 is 2.83 bits per heavy atom. The van der Waals surface area contributed by atoms with Crippen molar-refractivity contribution in [2.45, 2.75) is 6.54 Å². The van der Waals surface area contributed by atoms with Crippen molar-refractivity contribution in [1.82, 2.24) is 0 Å². The van der Waals surface area contributed by atoms with Crippen LogP contribution >= 0.6 is 22.9 Å². The molecule has 2 aromatic rings. The van der Waals surface area contributed by atoms with Crippen LogP contribution in [0.25, 0.3) is 0 Å². The molecule has 5 nitrogen and oxygen atoms in total. The van der Waals surface area contributed by atoms with E-state index >= 15 is 0 Å². The SMILES string of the molecule is Nc1ccsc1CNc1ccc(Cl)c([N+](=O)[O-])c1. The number of thiophene rings is 1. The molecule has 0 aliphatic rings. The lowest BCUT2D eigenvalue weighted by atomic mass is 10.2. The Morgan fingerprint density at radius 1 is 1.44 bits per heavy atom. The van der Waals surface area contributed by atoms with Crippen molar-refractivity contribution < 1.29 is 4.92 Å². The summed E-state index contributed by atoms with van der Waals surface area (Å²) in [6.07, 6.45) is 0. The second-order valence-corrected chi connectivity index (χ2v) is 4.98. The largest absolute Gasteiger partial charge is 0.398 e. The van der Waals surface area contributed by atoms with Gasteiger partial charge in [0.2, 0.25) is 0 Å². The first-order valence-electron chi connectivity index (χ1n) is 5.07. The van der Waals surface area contributed by atoms with Gasteiger partial charge in [0.1, 0.15) is 5.02 Å². The van der Waals surface area contributed by atoms with E-state index in [9.17, 15) is 10.1 Å². The van der Waals surface area contributed by atoms with Gasteiger partial charge in [0, 0.05) is 22.3 Å². The molecule has 2 rings (SSSR count). The monoisotopic (exact) mass is 283 g/mol. The fraction of sp³-hybridized carbons (Fsp3) is 0.0909. The van der Waals surface area contributed by atoms with Crippen molar-refractivity contribution in [1.29, 1.82) is 0 Å². The quantitative estimate of drug-likeness (QED) is 0.664. The van der Waals surface area contributed by atoms with Crippen LogP contribution in [0.1, 0.15) is 4.88 Å². The fourth-order valence-corrected chi connectivity index (χ4v) is 2.36. The van der Waals surface area contributed by atoms with Gasteiger partial charge in [-0.3, -0.25) is 10.1 Å². The van der Waals surface area contributed by atoms with Crippen LogP contribution in [0.2, 0.25) is 5.02 Å². The smallest absolute Gasteiger partial charge is 0.289 e. The Morgan fingerprint density at radius 2 is 2.22 bits per heavy atom. The molecule has 18 heavy (non-hydrogen) atoms. The van der Waals surface area contributed by atoms with Gasteiger partial charge in [-0.2, -0.15) is 0 Å². The molecule has 0 aliphatic heterocycles. The molecule has 1 heterocycles. The van der Waals surface area contributed by atoms with E-state index in [4.69, 9.17) is 17.3 Å². The van der Waals surface area contributed by atoms with Gasteiger partial charge in [-0.05, 0) is 23.6 Å². The van der Waals surface area contributed by atoms with Gasteiger partial charge in [-0.25, -0.2) is 0 Å². The molecule has 1 aromatic carbocycles. The summed E-state index contributed by atoms with van der Waals surface area (Å²) < 4.78 is 0. The average Bonchev–Trinajstić information content (AvgIpc) is 2.73. The number of benzene rings is 1. The third-order valence-corrected chi connectivity index (χ3v) is 3.63. The highest BCUT2D eigenvalue weighted by Crippen LogP contribution is 2.28. The number of nitrogen functional groups attached to an aromatic ring is 1. The first-order chi connectivity index (χ1) is 8.58. The molecule has 0 saturated carbocycles. The maximum atomic E-state index is 10.7. The molecule has 1 aromatic heterocycles. The highest BCUT2D eigenvalue weighted by atomic mass is 35.5. The second kappa shape index (κ2) is 5.24. The predicted octanol–water partition coefficient (Wildman–Crippen LogP) is 3.50. The Balaban J connectivity index is 2.13. The first-order valence-corrected chi connectivity index (χ1v) is 6.33. The summed E-state index contributed by atoms with van der Waals surface area (Å²) in [4.78, 5) is 11.2. The lowest BCUT2D eigenvalue weighted by Crippen LogP contribution is -2.00. The highest BCUT2D eigenvalue weighted by Gasteiger charge is 2.12. The number of halogens is 1. The summed E-state index contributed by atoms with van der Waals surface area (Å²) in [7, 11) is 0. The number of nitro groups is 1. The minimum absolute atomic E-state index is 0.110. The van der Waals surface area contributed by atoms with E-state index in [0.717, 1.165) is 10.6 Å². The van der Waals surface area contributed by atoms with Crippen LogP contribution in [0.4, 0.5) is 17.1 Å². The summed E-state index contributed by atoms with van der Waals surface area (Å²) in [5.41, 5.74) is 6.99. The van der Waals surface area contributed by atoms with Gasteiger partial charge in [-0.1, -0.05) is 11.6 Å². The maximum Gasteiger partial charge on any atom is 0.289 e. The zero-order valence-electron chi connectivity index (χ0n) is 9.22. The number of nitro benzene ring substituents is 1. The minimum Gasteiger partial charge on any atom is -0.398 e. The number of hydrogen-bond acceptors (Lipinski definition) is 5. The normalized spacial score (nSPS) is 10.3. The number of anilines is 2. The van der Waals surface area contributed by atoms with E-state index in [2.05, 4.69) is 5.32 Å². The van der Waals surface area contributed by atoms with E-state index in [0.29, 0.717) is 12.2 Å². The van der Waals surface area contributed by atoms with Crippen LogP contribution in [-0.2, 0) is 6.54 Å². The van der Waals surface area contributed by atoms with Gasteiger partial charge < -0.3 is 11.1 Å². The van der Waals surface area contributed by atoms with Crippen molar-refractivity contribution in [3.05, 3.63) is 49.7 Å². The van der Waals surface area contributed by atoms with E-state index in [-0.39, 0.29) is 10.7 Å². The van der Waals surface area contributed by atoms with Gasteiger partial charge in [-0.15, -0.1) is 11.3 Å². The van der Waals surface area contributed by atoms with Crippen molar-refractivity contribution in [3.63, 3.8) is 0 Å². The lowest BCUT2D eigenvalue weighted by Gasteiger charge is -2.06. The number of nitrogens with two attached hydrogens (primary N) is 1. The highest BCUT2D eigenvalue weighted by molar-refractivity contribution is 7.10. The second-order valence-electron chi connectivity index (χ2n) is 3.58. The van der Waals surface area contributed by atoms with Crippen LogP contribution in [0.15, 0.2) is 29.6 Å². The number of rotatable bonds is 4. The molecule has 0 radical (unpaired) electrons. The lowest BCUT2D eigenvalue weighted by molar-refractivity contribution is -0.384. The standard InChI is InChI=1S/C11H10ClN3O2S/c12-8-2-1-7(5-10(8)15(16)17)14-6-11-9(13)3-4-18-11/h1-5,14H,6,13H2. The molecule has 0 unspecified atom stereocenters. The van der Waals surface area contributed by atoms with Gasteiger partial charge in [0.25, 0.3) is 5.69 Å². The molecule has 0 amide bonds.